The summed E-state index contributed by atoms with van der Waals surface area (Å²) in [5.41, 5.74) is -1.10. The van der Waals surface area contributed by atoms with Gasteiger partial charge in [0.1, 0.15) is 17.0 Å². The van der Waals surface area contributed by atoms with Gasteiger partial charge in [0, 0.05) is 5.38 Å². The Kier molecular flexibility index (Phi) is 4.65. The Morgan fingerprint density at radius 2 is 2.18 bits per heavy atom. The molecule has 0 fully saturated rings. The largest absolute Gasteiger partial charge is 0.480 e. The van der Waals surface area contributed by atoms with Gasteiger partial charge >= 0.3 is 5.97 Å². The minimum absolute atomic E-state index is 0.192. The normalized spacial score (nSPS) is 13.6. The highest BCUT2D eigenvalue weighted by atomic mass is 32.1. The van der Waals surface area contributed by atoms with Gasteiger partial charge in [0.25, 0.3) is 5.91 Å². The molecule has 1 amide bonds. The van der Waals surface area contributed by atoms with Crippen LogP contribution in [-0.2, 0) is 4.79 Å². The van der Waals surface area contributed by atoms with Crippen molar-refractivity contribution in [2.75, 3.05) is 0 Å². The van der Waals surface area contributed by atoms with Crippen molar-refractivity contribution >= 4 is 23.2 Å². The number of carboxylic acids is 1. The number of nitrogens with zero attached hydrogens (tertiary/aromatic N) is 1. The van der Waals surface area contributed by atoms with Gasteiger partial charge in [0.15, 0.2) is 10.8 Å². The maximum absolute atomic E-state index is 12.2. The first-order valence-corrected chi connectivity index (χ1v) is 7.82. The van der Waals surface area contributed by atoms with Gasteiger partial charge in [0.05, 0.1) is 0 Å². The lowest BCUT2D eigenvalue weighted by atomic mass is 9.96. The third kappa shape index (κ3) is 3.36. The van der Waals surface area contributed by atoms with Gasteiger partial charge in [-0.3, -0.25) is 4.79 Å². The second kappa shape index (κ2) is 6.31. The predicted octanol–water partition coefficient (Wildman–Crippen LogP) is 3.08. The molecular weight excluding hydrogens is 304 g/mol. The molecule has 2 aromatic heterocycles. The fourth-order valence-corrected chi connectivity index (χ4v) is 2.84. The molecule has 0 aliphatic rings. The van der Waals surface area contributed by atoms with Gasteiger partial charge in [0.2, 0.25) is 0 Å². The van der Waals surface area contributed by atoms with Gasteiger partial charge in [-0.15, -0.1) is 11.3 Å². The number of aliphatic carboxylic acids is 1. The number of carbonyl (C=O) groups is 2. The first-order valence-electron chi connectivity index (χ1n) is 6.94. The third-order valence-electron chi connectivity index (χ3n) is 3.30. The summed E-state index contributed by atoms with van der Waals surface area (Å²) in [4.78, 5) is 27.8. The summed E-state index contributed by atoms with van der Waals surface area (Å²) in [7, 11) is 0. The lowest BCUT2D eigenvalue weighted by Crippen LogP contribution is -2.52. The molecule has 1 atom stereocenters. The Bertz CT molecular complexity index is 691. The van der Waals surface area contributed by atoms with E-state index in [2.05, 4.69) is 10.3 Å². The number of carboxylic acid groups (broad SMARTS) is 1. The Balaban J connectivity index is 2.16. The molecule has 0 bridgehead atoms. The second-order valence-corrected chi connectivity index (χ2v) is 6.15. The van der Waals surface area contributed by atoms with Crippen molar-refractivity contribution < 1.29 is 19.1 Å². The van der Waals surface area contributed by atoms with Crippen LogP contribution >= 0.6 is 11.3 Å². The van der Waals surface area contributed by atoms with Crippen LogP contribution in [0.25, 0.3) is 10.8 Å². The van der Waals surface area contributed by atoms with Crippen molar-refractivity contribution in [2.45, 2.75) is 39.2 Å². The van der Waals surface area contributed by atoms with E-state index in [9.17, 15) is 14.7 Å². The van der Waals surface area contributed by atoms with E-state index in [0.717, 1.165) is 5.76 Å². The highest BCUT2D eigenvalue weighted by Gasteiger charge is 2.34. The van der Waals surface area contributed by atoms with Crippen LogP contribution in [0.3, 0.4) is 0 Å². The number of hydrogen-bond acceptors (Lipinski definition) is 5. The highest BCUT2D eigenvalue weighted by molar-refractivity contribution is 7.13. The number of carbonyl (C=O) groups excluding carboxylic acids is 1. The summed E-state index contributed by atoms with van der Waals surface area (Å²) in [6, 6.07) is 3.60. The van der Waals surface area contributed by atoms with E-state index in [1.54, 1.807) is 11.4 Å². The SMILES string of the molecule is CCCC(C)(NC(=O)c1csc(-c2ccc(C)o2)n1)C(=O)O. The summed E-state index contributed by atoms with van der Waals surface area (Å²) < 4.78 is 5.46. The van der Waals surface area contributed by atoms with Crippen LogP contribution in [0.2, 0.25) is 0 Å². The fraction of sp³-hybridized carbons (Fsp3) is 0.400. The average molecular weight is 322 g/mol. The predicted molar refractivity (Wildman–Crippen MR) is 83.0 cm³/mol. The van der Waals surface area contributed by atoms with Crippen LogP contribution in [0.4, 0.5) is 0 Å². The molecule has 22 heavy (non-hydrogen) atoms. The van der Waals surface area contributed by atoms with E-state index in [1.165, 1.54) is 18.3 Å². The molecule has 1 unspecified atom stereocenters. The molecule has 118 valence electrons. The van der Waals surface area contributed by atoms with Gasteiger partial charge in [-0.2, -0.15) is 0 Å². The number of thiazole rings is 1. The number of rotatable bonds is 6. The quantitative estimate of drug-likeness (QED) is 0.852. The van der Waals surface area contributed by atoms with E-state index in [4.69, 9.17) is 4.42 Å². The topological polar surface area (TPSA) is 92.4 Å². The van der Waals surface area contributed by atoms with Crippen LogP contribution < -0.4 is 5.32 Å². The van der Waals surface area contributed by atoms with Gasteiger partial charge < -0.3 is 14.8 Å². The highest BCUT2D eigenvalue weighted by Crippen LogP contribution is 2.26. The van der Waals surface area contributed by atoms with Crippen LogP contribution in [-0.4, -0.2) is 27.5 Å². The number of aryl methyl sites for hydroxylation is 1. The van der Waals surface area contributed by atoms with Gasteiger partial charge in [-0.05, 0) is 32.4 Å². The number of furan rings is 1. The van der Waals surface area contributed by atoms with Crippen LogP contribution in [0.15, 0.2) is 21.9 Å². The van der Waals surface area contributed by atoms with Crippen molar-refractivity contribution in [3.05, 3.63) is 29.0 Å². The van der Waals surface area contributed by atoms with Crippen molar-refractivity contribution in [3.63, 3.8) is 0 Å². The monoisotopic (exact) mass is 322 g/mol. The minimum Gasteiger partial charge on any atom is -0.480 e. The molecule has 2 rings (SSSR count). The molecule has 2 aromatic rings. The molecule has 0 spiro atoms. The summed E-state index contributed by atoms with van der Waals surface area (Å²) in [5.74, 6) is -0.197. The van der Waals surface area contributed by atoms with Crippen LogP contribution in [0, 0.1) is 6.92 Å². The molecule has 0 saturated heterocycles. The smallest absolute Gasteiger partial charge is 0.329 e. The molecule has 0 aliphatic carbocycles. The molecule has 2 heterocycles. The molecule has 0 aromatic carbocycles. The standard InChI is InChI=1S/C15H18N2O4S/c1-4-7-15(3,14(19)20)17-12(18)10-8-22-13(16-10)11-6-5-9(2)21-11/h5-6,8H,4,7H2,1-3H3,(H,17,18)(H,19,20). The lowest BCUT2D eigenvalue weighted by molar-refractivity contribution is -0.144. The van der Waals surface area contributed by atoms with E-state index in [1.807, 2.05) is 19.9 Å². The third-order valence-corrected chi connectivity index (χ3v) is 4.16. The zero-order valence-corrected chi connectivity index (χ0v) is 13.5. The second-order valence-electron chi connectivity index (χ2n) is 5.29. The van der Waals surface area contributed by atoms with Crippen molar-refractivity contribution in [2.24, 2.45) is 0 Å². The summed E-state index contributed by atoms with van der Waals surface area (Å²) in [6.07, 6.45) is 1.000. The Morgan fingerprint density at radius 3 is 2.73 bits per heavy atom. The Labute approximate surface area is 132 Å². The maximum atomic E-state index is 12.2. The molecule has 2 N–H and O–H groups in total. The van der Waals surface area contributed by atoms with Crippen molar-refractivity contribution in [1.82, 2.24) is 10.3 Å². The number of amides is 1. The van der Waals surface area contributed by atoms with Crippen LogP contribution in [0.1, 0.15) is 42.9 Å². The summed E-state index contributed by atoms with van der Waals surface area (Å²) >= 11 is 1.28. The summed E-state index contributed by atoms with van der Waals surface area (Å²) in [5, 5.41) is 14.0. The van der Waals surface area contributed by atoms with E-state index >= 15 is 0 Å². The van der Waals surface area contributed by atoms with Crippen molar-refractivity contribution in [1.29, 1.82) is 0 Å². The van der Waals surface area contributed by atoms with Crippen molar-refractivity contribution in [3.8, 4) is 10.8 Å². The molecule has 7 heteroatoms. The Hall–Kier alpha value is -2.15. The average Bonchev–Trinajstić information content (AvgIpc) is 3.07. The molecular formula is C15H18N2O4S. The van der Waals surface area contributed by atoms with Gasteiger partial charge in [-0.1, -0.05) is 13.3 Å². The molecule has 6 nitrogen and oxygen atoms in total. The zero-order valence-electron chi connectivity index (χ0n) is 12.7. The molecule has 0 radical (unpaired) electrons. The first kappa shape index (κ1) is 16.2. The van der Waals surface area contributed by atoms with Crippen LogP contribution in [0.5, 0.6) is 0 Å². The van der Waals surface area contributed by atoms with Gasteiger partial charge in [-0.25, -0.2) is 9.78 Å². The number of hydrogen-bond donors (Lipinski definition) is 2. The molecule has 0 aliphatic heterocycles. The maximum Gasteiger partial charge on any atom is 0.329 e. The van der Waals surface area contributed by atoms with E-state index in [0.29, 0.717) is 23.6 Å². The zero-order chi connectivity index (χ0) is 16.3. The van der Waals surface area contributed by atoms with E-state index in [-0.39, 0.29) is 5.69 Å². The first-order chi connectivity index (χ1) is 10.4. The fourth-order valence-electron chi connectivity index (χ4n) is 2.08. The number of aromatic nitrogens is 1. The summed E-state index contributed by atoms with van der Waals surface area (Å²) in [6.45, 7) is 5.20. The number of nitrogens with one attached hydrogen (secondary N) is 1. The Morgan fingerprint density at radius 1 is 1.45 bits per heavy atom. The molecule has 0 saturated carbocycles. The minimum atomic E-state index is -1.29. The lowest BCUT2D eigenvalue weighted by Gasteiger charge is -2.25. The van der Waals surface area contributed by atoms with E-state index < -0.39 is 17.4 Å².